The number of oxazole rings is 1. The highest BCUT2D eigenvalue weighted by atomic mass is 16.5. The Hall–Kier alpha value is -4.02. The van der Waals surface area contributed by atoms with Crippen molar-refractivity contribution in [2.45, 2.75) is 50.7 Å². The van der Waals surface area contributed by atoms with Gasteiger partial charge < -0.3 is 35.0 Å². The van der Waals surface area contributed by atoms with Gasteiger partial charge in [0.1, 0.15) is 6.04 Å². The lowest BCUT2D eigenvalue weighted by Crippen LogP contribution is -2.58. The Balaban J connectivity index is 1.32. The number of hydrogen-bond acceptors (Lipinski definition) is 9. The second kappa shape index (κ2) is 15.5. The fourth-order valence-corrected chi connectivity index (χ4v) is 4.83. The van der Waals surface area contributed by atoms with E-state index in [1.54, 1.807) is 6.07 Å². The topological polar surface area (TPSA) is 171 Å². The van der Waals surface area contributed by atoms with Crippen LogP contribution in [0.2, 0.25) is 0 Å². The van der Waals surface area contributed by atoms with E-state index in [0.717, 1.165) is 16.7 Å². The number of nitrogens with one attached hydrogen (secondary N) is 2. The number of ether oxygens (including phenoxy) is 3. The van der Waals surface area contributed by atoms with Crippen LogP contribution in [0.25, 0.3) is 22.2 Å². The van der Waals surface area contributed by atoms with Crippen LogP contribution in [-0.2, 0) is 36.8 Å². The van der Waals surface area contributed by atoms with Crippen molar-refractivity contribution in [2.75, 3.05) is 46.2 Å². The van der Waals surface area contributed by atoms with E-state index in [1.165, 1.54) is 4.57 Å². The van der Waals surface area contributed by atoms with Gasteiger partial charge in [-0.3, -0.25) is 14.2 Å². The Bertz CT molecular complexity index is 1470. The van der Waals surface area contributed by atoms with Gasteiger partial charge >= 0.3 is 5.76 Å². The maximum atomic E-state index is 12.7. The van der Waals surface area contributed by atoms with Gasteiger partial charge in [-0.25, -0.2) is 4.79 Å². The minimum atomic E-state index is -1.02. The third-order valence-electron chi connectivity index (χ3n) is 7.40. The minimum absolute atomic E-state index is 0.117. The van der Waals surface area contributed by atoms with Crippen LogP contribution in [0.5, 0.6) is 0 Å². The largest absolute Gasteiger partial charge is 0.420 e. The van der Waals surface area contributed by atoms with Gasteiger partial charge in [0.15, 0.2) is 5.58 Å². The molecule has 1 saturated heterocycles. The Morgan fingerprint density at radius 2 is 1.84 bits per heavy atom. The summed E-state index contributed by atoms with van der Waals surface area (Å²) in [6.45, 7) is 5.04. The van der Waals surface area contributed by atoms with Crippen molar-refractivity contribution in [2.24, 2.45) is 5.73 Å². The molecule has 12 heteroatoms. The molecule has 1 aliphatic rings. The highest BCUT2D eigenvalue weighted by Gasteiger charge is 2.36. The van der Waals surface area contributed by atoms with Crippen LogP contribution in [-0.4, -0.2) is 74.1 Å². The van der Waals surface area contributed by atoms with E-state index in [1.807, 2.05) is 43.3 Å². The number of nitriles is 1. The van der Waals surface area contributed by atoms with Gasteiger partial charge in [-0.1, -0.05) is 30.3 Å². The third kappa shape index (κ3) is 8.75. The molecule has 1 fully saturated rings. The Morgan fingerprint density at radius 1 is 1.09 bits per heavy atom. The van der Waals surface area contributed by atoms with Gasteiger partial charge in [0.25, 0.3) is 0 Å². The third-order valence-corrected chi connectivity index (χ3v) is 7.40. The first-order valence-corrected chi connectivity index (χ1v) is 14.5. The number of aromatic nitrogens is 1. The molecule has 230 valence electrons. The lowest BCUT2D eigenvalue weighted by Gasteiger charge is -2.32. The molecule has 0 saturated carbocycles. The van der Waals surface area contributed by atoms with Crippen molar-refractivity contribution in [3.05, 3.63) is 58.6 Å². The quantitative estimate of drug-likeness (QED) is 0.223. The molecular formula is C31H39N5O7. The van der Waals surface area contributed by atoms with Gasteiger partial charge in [0.05, 0.1) is 43.5 Å². The predicted octanol–water partition coefficient (Wildman–Crippen LogP) is 1.88. The molecule has 2 amide bonds. The van der Waals surface area contributed by atoms with E-state index >= 15 is 0 Å². The fraction of sp³-hybridized carbons (Fsp3) is 0.484. The van der Waals surface area contributed by atoms with Gasteiger partial charge in [-0.15, -0.1) is 0 Å². The number of amides is 2. The molecule has 1 aliphatic heterocycles. The fourth-order valence-electron chi connectivity index (χ4n) is 4.83. The van der Waals surface area contributed by atoms with E-state index in [4.69, 9.17) is 24.4 Å². The van der Waals surface area contributed by atoms with Crippen molar-refractivity contribution in [1.29, 1.82) is 5.26 Å². The standard InChI is InChI=1S/C31H39N5O7/c1-2-40-17-12-34-28(37)9-14-41-18-13-36-26-20-24(7-8-27(26)43-30(36)39)23-5-3-22(4-6-23)19-25(21-32)35-29(38)31(33)10-15-42-16-11-31/h3-8,20,25H,2,9-19,33H2,1H3,(H,34,37)(H,35,38). The lowest BCUT2D eigenvalue weighted by atomic mass is 9.90. The van der Waals surface area contributed by atoms with Gasteiger partial charge in [0.2, 0.25) is 11.8 Å². The van der Waals surface area contributed by atoms with Crippen molar-refractivity contribution in [3.8, 4) is 17.2 Å². The van der Waals surface area contributed by atoms with Crippen LogP contribution in [0.15, 0.2) is 51.7 Å². The maximum Gasteiger partial charge on any atom is 0.420 e. The molecule has 2 aromatic carbocycles. The zero-order valence-electron chi connectivity index (χ0n) is 24.4. The zero-order valence-corrected chi connectivity index (χ0v) is 24.4. The maximum absolute atomic E-state index is 12.7. The van der Waals surface area contributed by atoms with Crippen molar-refractivity contribution >= 4 is 22.9 Å². The summed E-state index contributed by atoms with van der Waals surface area (Å²) >= 11 is 0. The first kappa shape index (κ1) is 31.9. The zero-order chi connectivity index (χ0) is 30.7. The van der Waals surface area contributed by atoms with Crippen LogP contribution < -0.4 is 22.1 Å². The lowest BCUT2D eigenvalue weighted by molar-refractivity contribution is -0.130. The molecule has 1 atom stereocenters. The van der Waals surface area contributed by atoms with Crippen LogP contribution in [0.1, 0.15) is 31.7 Å². The molecule has 0 radical (unpaired) electrons. The van der Waals surface area contributed by atoms with E-state index in [0.29, 0.717) is 63.3 Å². The molecule has 4 N–H and O–H groups in total. The Kier molecular flexibility index (Phi) is 11.5. The number of fused-ring (bicyclic) bond motifs is 1. The predicted molar refractivity (Wildman–Crippen MR) is 159 cm³/mol. The summed E-state index contributed by atoms with van der Waals surface area (Å²) < 4.78 is 23.0. The first-order valence-electron chi connectivity index (χ1n) is 14.5. The smallest absolute Gasteiger partial charge is 0.408 e. The van der Waals surface area contributed by atoms with Crippen LogP contribution >= 0.6 is 0 Å². The average molecular weight is 594 g/mol. The summed E-state index contributed by atoms with van der Waals surface area (Å²) in [5.41, 5.74) is 9.02. The molecule has 0 spiro atoms. The molecule has 1 unspecified atom stereocenters. The van der Waals surface area contributed by atoms with Gasteiger partial charge in [-0.2, -0.15) is 5.26 Å². The minimum Gasteiger partial charge on any atom is -0.408 e. The number of rotatable bonds is 15. The van der Waals surface area contributed by atoms with E-state index in [9.17, 15) is 19.6 Å². The highest BCUT2D eigenvalue weighted by molar-refractivity contribution is 5.86. The highest BCUT2D eigenvalue weighted by Crippen LogP contribution is 2.25. The van der Waals surface area contributed by atoms with Crippen molar-refractivity contribution in [1.82, 2.24) is 15.2 Å². The summed E-state index contributed by atoms with van der Waals surface area (Å²) in [6, 6.07) is 14.6. The SMILES string of the molecule is CCOCCNC(=O)CCOCCn1c(=O)oc2ccc(-c3ccc(CC(C#N)NC(=O)C4(N)CCOCC4)cc3)cc21. The molecule has 0 bridgehead atoms. The van der Waals surface area contributed by atoms with E-state index in [-0.39, 0.29) is 38.0 Å². The summed E-state index contributed by atoms with van der Waals surface area (Å²) in [7, 11) is 0. The number of carbonyl (C=O) groups excluding carboxylic acids is 2. The van der Waals surface area contributed by atoms with Crippen molar-refractivity contribution in [3.63, 3.8) is 0 Å². The first-order chi connectivity index (χ1) is 20.8. The summed E-state index contributed by atoms with van der Waals surface area (Å²) in [5, 5.41) is 15.2. The Morgan fingerprint density at radius 3 is 2.56 bits per heavy atom. The van der Waals surface area contributed by atoms with Crippen LogP contribution in [0, 0.1) is 11.3 Å². The molecule has 12 nitrogen and oxygen atoms in total. The van der Waals surface area contributed by atoms with E-state index in [2.05, 4.69) is 16.7 Å². The molecule has 43 heavy (non-hydrogen) atoms. The Labute approximate surface area is 250 Å². The van der Waals surface area contributed by atoms with Crippen molar-refractivity contribution < 1.29 is 28.2 Å². The van der Waals surface area contributed by atoms with Gasteiger partial charge in [-0.05, 0) is 48.6 Å². The summed E-state index contributed by atoms with van der Waals surface area (Å²) in [5.74, 6) is -0.930. The monoisotopic (exact) mass is 593 g/mol. The van der Waals surface area contributed by atoms with Gasteiger partial charge in [0, 0.05) is 39.2 Å². The molecule has 2 heterocycles. The number of benzene rings is 2. The van der Waals surface area contributed by atoms with E-state index < -0.39 is 17.3 Å². The summed E-state index contributed by atoms with van der Waals surface area (Å²) in [4.78, 5) is 37.1. The second-order valence-electron chi connectivity index (χ2n) is 10.4. The molecule has 0 aliphatic carbocycles. The molecular weight excluding hydrogens is 554 g/mol. The number of hydrogen-bond donors (Lipinski definition) is 3. The van der Waals surface area contributed by atoms with Crippen LogP contribution in [0.3, 0.4) is 0 Å². The number of nitrogens with zero attached hydrogens (tertiary/aromatic N) is 2. The molecule has 4 rings (SSSR count). The summed E-state index contributed by atoms with van der Waals surface area (Å²) in [6.07, 6.45) is 1.40. The molecule has 1 aromatic heterocycles. The number of carbonyl (C=O) groups is 2. The number of nitrogens with two attached hydrogens (primary N) is 1. The second-order valence-corrected chi connectivity index (χ2v) is 10.4. The average Bonchev–Trinajstić information content (AvgIpc) is 3.33. The molecule has 3 aromatic rings. The van der Waals surface area contributed by atoms with Crippen LogP contribution in [0.4, 0.5) is 0 Å². The normalized spacial score (nSPS) is 15.1.